The molecule has 1 aromatic carbocycles. The molecule has 15 heavy (non-hydrogen) atoms. The van der Waals surface area contributed by atoms with Crippen LogP contribution >= 0.6 is 15.9 Å². The van der Waals surface area contributed by atoms with Crippen molar-refractivity contribution in [1.82, 2.24) is 4.90 Å². The average Bonchev–Trinajstić information content (AvgIpc) is 2.22. The Morgan fingerprint density at radius 3 is 2.67 bits per heavy atom. The van der Waals surface area contributed by atoms with Gasteiger partial charge >= 0.3 is 0 Å². The fourth-order valence-corrected chi connectivity index (χ4v) is 1.87. The van der Waals surface area contributed by atoms with Crippen LogP contribution in [0.2, 0.25) is 0 Å². The highest BCUT2D eigenvalue weighted by atomic mass is 79.9. The van der Waals surface area contributed by atoms with E-state index in [1.165, 1.54) is 12.5 Å². The lowest BCUT2D eigenvalue weighted by Crippen LogP contribution is -2.19. The Balaban J connectivity index is 2.37. The molecule has 84 valence electrons. The average molecular weight is 274 g/mol. The SMILES string of the molecule is CN(CCCCBr)Cc1ccccc1F. The summed E-state index contributed by atoms with van der Waals surface area (Å²) < 4.78 is 13.3. The van der Waals surface area contributed by atoms with Gasteiger partial charge in [0.1, 0.15) is 5.82 Å². The second-order valence-electron chi connectivity index (χ2n) is 3.73. The lowest BCUT2D eigenvalue weighted by Gasteiger charge is -2.16. The van der Waals surface area contributed by atoms with Crippen molar-refractivity contribution in [3.05, 3.63) is 35.6 Å². The third kappa shape index (κ3) is 4.76. The molecule has 0 atom stereocenters. The lowest BCUT2D eigenvalue weighted by molar-refractivity contribution is 0.316. The lowest BCUT2D eigenvalue weighted by atomic mass is 10.2. The van der Waals surface area contributed by atoms with Gasteiger partial charge in [0, 0.05) is 17.4 Å². The van der Waals surface area contributed by atoms with Crippen molar-refractivity contribution in [2.24, 2.45) is 0 Å². The highest BCUT2D eigenvalue weighted by molar-refractivity contribution is 9.09. The Morgan fingerprint density at radius 2 is 2.00 bits per heavy atom. The Kier molecular flexibility index (Phi) is 5.88. The van der Waals surface area contributed by atoms with Crippen molar-refractivity contribution in [3.8, 4) is 0 Å². The molecular formula is C12H17BrFN. The number of rotatable bonds is 6. The van der Waals surface area contributed by atoms with E-state index in [1.54, 1.807) is 6.07 Å². The monoisotopic (exact) mass is 273 g/mol. The molecule has 0 bridgehead atoms. The van der Waals surface area contributed by atoms with E-state index in [-0.39, 0.29) is 5.82 Å². The third-order valence-corrected chi connectivity index (χ3v) is 2.88. The van der Waals surface area contributed by atoms with Gasteiger partial charge < -0.3 is 4.90 Å². The molecule has 0 spiro atoms. The van der Waals surface area contributed by atoms with Crippen LogP contribution in [0.3, 0.4) is 0 Å². The number of halogens is 2. The van der Waals surface area contributed by atoms with E-state index in [9.17, 15) is 4.39 Å². The van der Waals surface area contributed by atoms with Gasteiger partial charge in [0.15, 0.2) is 0 Å². The molecule has 0 heterocycles. The minimum Gasteiger partial charge on any atom is -0.302 e. The molecule has 0 N–H and O–H groups in total. The normalized spacial score (nSPS) is 10.9. The number of alkyl halides is 1. The predicted molar refractivity (Wildman–Crippen MR) is 65.8 cm³/mol. The second-order valence-corrected chi connectivity index (χ2v) is 4.52. The van der Waals surface area contributed by atoms with Gasteiger partial charge in [0.25, 0.3) is 0 Å². The minimum atomic E-state index is -0.107. The summed E-state index contributed by atoms with van der Waals surface area (Å²) in [7, 11) is 2.03. The molecule has 0 saturated heterocycles. The van der Waals surface area contributed by atoms with Crippen LogP contribution < -0.4 is 0 Å². The molecule has 0 aliphatic heterocycles. The van der Waals surface area contributed by atoms with Gasteiger partial charge in [-0.25, -0.2) is 4.39 Å². The minimum absolute atomic E-state index is 0.107. The quantitative estimate of drug-likeness (QED) is 0.567. The number of nitrogens with zero attached hydrogens (tertiary/aromatic N) is 1. The van der Waals surface area contributed by atoms with Crippen LogP contribution in [0.5, 0.6) is 0 Å². The zero-order valence-electron chi connectivity index (χ0n) is 9.05. The summed E-state index contributed by atoms with van der Waals surface area (Å²) in [6.45, 7) is 1.70. The summed E-state index contributed by atoms with van der Waals surface area (Å²) in [5.74, 6) is -0.107. The molecule has 0 radical (unpaired) electrons. The van der Waals surface area contributed by atoms with E-state index >= 15 is 0 Å². The molecule has 3 heteroatoms. The largest absolute Gasteiger partial charge is 0.302 e. The van der Waals surface area contributed by atoms with E-state index in [0.29, 0.717) is 6.54 Å². The molecular weight excluding hydrogens is 257 g/mol. The van der Waals surface area contributed by atoms with E-state index < -0.39 is 0 Å². The van der Waals surface area contributed by atoms with Crippen molar-refractivity contribution in [2.45, 2.75) is 19.4 Å². The summed E-state index contributed by atoms with van der Waals surface area (Å²) in [5.41, 5.74) is 0.777. The first-order valence-electron chi connectivity index (χ1n) is 5.22. The van der Waals surface area contributed by atoms with E-state index in [1.807, 2.05) is 19.2 Å². The van der Waals surface area contributed by atoms with E-state index in [0.717, 1.165) is 23.9 Å². The van der Waals surface area contributed by atoms with Crippen molar-refractivity contribution >= 4 is 15.9 Å². The van der Waals surface area contributed by atoms with Gasteiger partial charge in [-0.05, 0) is 32.5 Å². The number of hydrogen-bond donors (Lipinski definition) is 0. The smallest absolute Gasteiger partial charge is 0.127 e. The van der Waals surface area contributed by atoms with Crippen LogP contribution in [0.1, 0.15) is 18.4 Å². The maximum absolute atomic E-state index is 13.3. The maximum Gasteiger partial charge on any atom is 0.127 e. The highest BCUT2D eigenvalue weighted by Gasteiger charge is 2.04. The Morgan fingerprint density at radius 1 is 1.27 bits per heavy atom. The summed E-state index contributed by atoms with van der Waals surface area (Å²) >= 11 is 3.40. The summed E-state index contributed by atoms with van der Waals surface area (Å²) in [4.78, 5) is 2.15. The maximum atomic E-state index is 13.3. The molecule has 0 unspecified atom stereocenters. The van der Waals surface area contributed by atoms with Crippen LogP contribution in [-0.2, 0) is 6.54 Å². The zero-order chi connectivity index (χ0) is 11.1. The Bertz CT molecular complexity index is 291. The number of benzene rings is 1. The molecule has 0 fully saturated rings. The van der Waals surface area contributed by atoms with Gasteiger partial charge in [0.05, 0.1) is 0 Å². The summed E-state index contributed by atoms with van der Waals surface area (Å²) in [5, 5.41) is 1.04. The molecule has 0 amide bonds. The highest BCUT2D eigenvalue weighted by Crippen LogP contribution is 2.09. The van der Waals surface area contributed by atoms with Gasteiger partial charge in [-0.15, -0.1) is 0 Å². The van der Waals surface area contributed by atoms with Crippen LogP contribution in [0.4, 0.5) is 4.39 Å². The summed E-state index contributed by atoms with van der Waals surface area (Å²) in [6.07, 6.45) is 2.32. The molecule has 0 saturated carbocycles. The van der Waals surface area contributed by atoms with Crippen LogP contribution in [0, 0.1) is 5.82 Å². The summed E-state index contributed by atoms with van der Waals surface area (Å²) in [6, 6.07) is 6.96. The number of hydrogen-bond acceptors (Lipinski definition) is 1. The molecule has 1 aromatic rings. The van der Waals surface area contributed by atoms with Gasteiger partial charge in [-0.3, -0.25) is 0 Å². The second kappa shape index (κ2) is 6.96. The molecule has 0 aliphatic carbocycles. The Labute approximate surface area is 99.4 Å². The molecule has 1 nitrogen and oxygen atoms in total. The van der Waals surface area contributed by atoms with Gasteiger partial charge in [-0.2, -0.15) is 0 Å². The molecule has 0 aromatic heterocycles. The van der Waals surface area contributed by atoms with Crippen LogP contribution in [0.15, 0.2) is 24.3 Å². The van der Waals surface area contributed by atoms with E-state index in [2.05, 4.69) is 20.8 Å². The Hall–Kier alpha value is -0.410. The van der Waals surface area contributed by atoms with Gasteiger partial charge in [0.2, 0.25) is 0 Å². The first-order valence-corrected chi connectivity index (χ1v) is 6.34. The first kappa shape index (κ1) is 12.7. The predicted octanol–water partition coefficient (Wildman–Crippen LogP) is 3.43. The van der Waals surface area contributed by atoms with Crippen molar-refractivity contribution < 1.29 is 4.39 Å². The molecule has 0 aliphatic rings. The van der Waals surface area contributed by atoms with Crippen LogP contribution in [0.25, 0.3) is 0 Å². The zero-order valence-corrected chi connectivity index (χ0v) is 10.6. The number of unbranched alkanes of at least 4 members (excludes halogenated alkanes) is 1. The molecule has 1 rings (SSSR count). The van der Waals surface area contributed by atoms with Crippen molar-refractivity contribution in [1.29, 1.82) is 0 Å². The first-order chi connectivity index (χ1) is 7.24. The van der Waals surface area contributed by atoms with Gasteiger partial charge in [-0.1, -0.05) is 34.1 Å². The van der Waals surface area contributed by atoms with E-state index in [4.69, 9.17) is 0 Å². The van der Waals surface area contributed by atoms with Crippen molar-refractivity contribution in [3.63, 3.8) is 0 Å². The fourth-order valence-electron chi connectivity index (χ4n) is 1.47. The third-order valence-electron chi connectivity index (χ3n) is 2.32. The van der Waals surface area contributed by atoms with Crippen LogP contribution in [-0.4, -0.2) is 23.8 Å². The van der Waals surface area contributed by atoms with Crippen molar-refractivity contribution in [2.75, 3.05) is 18.9 Å². The topological polar surface area (TPSA) is 3.24 Å². The fraction of sp³-hybridized carbons (Fsp3) is 0.500. The standard InChI is InChI=1S/C12H17BrFN/c1-15(9-5-4-8-13)10-11-6-2-3-7-12(11)14/h2-3,6-7H,4-5,8-10H2,1H3.